The van der Waals surface area contributed by atoms with E-state index < -0.39 is 0 Å². The molecule has 2 aliphatic rings. The van der Waals surface area contributed by atoms with E-state index in [9.17, 15) is 0 Å². The Balaban J connectivity index is 1.34. The van der Waals surface area contributed by atoms with Crippen molar-refractivity contribution in [1.82, 2.24) is 30.2 Å². The number of nitrogens with one attached hydrogen (secondary N) is 2. The number of aromatic amines is 1. The van der Waals surface area contributed by atoms with Gasteiger partial charge in [0.2, 0.25) is 11.8 Å². The number of rotatable bonds is 10. The van der Waals surface area contributed by atoms with Gasteiger partial charge in [0.1, 0.15) is 18.0 Å². The van der Waals surface area contributed by atoms with E-state index in [1.165, 1.54) is 32.1 Å². The van der Waals surface area contributed by atoms with Crippen molar-refractivity contribution in [2.24, 2.45) is 0 Å². The Labute approximate surface area is 199 Å². The predicted octanol–water partition coefficient (Wildman–Crippen LogP) is 3.91. The van der Waals surface area contributed by atoms with Gasteiger partial charge < -0.3 is 20.3 Å². The number of ether oxygens (including phenoxy) is 1. The second-order valence-corrected chi connectivity index (χ2v) is 9.57. The Morgan fingerprint density at radius 1 is 1.21 bits per heavy atom. The van der Waals surface area contributed by atoms with Gasteiger partial charge in [-0.1, -0.05) is 25.4 Å². The molecule has 10 nitrogen and oxygen atoms in total. The monoisotopic (exact) mass is 466 g/mol. The molecular weight excluding hydrogens is 432 g/mol. The van der Waals surface area contributed by atoms with Crippen LogP contribution in [0.2, 0.25) is 0 Å². The van der Waals surface area contributed by atoms with Crippen molar-refractivity contribution < 1.29 is 9.26 Å². The van der Waals surface area contributed by atoms with E-state index in [-0.39, 0.29) is 0 Å². The molecule has 0 atom stereocenters. The maximum Gasteiger partial charge on any atom is 0.230 e. The molecule has 0 unspecified atom stereocenters. The molecule has 0 radical (unpaired) electrons. The maximum atomic E-state index is 6.42. The van der Waals surface area contributed by atoms with E-state index in [0.29, 0.717) is 54.0 Å². The molecule has 34 heavy (non-hydrogen) atoms. The molecular formula is C24H34N8O2. The highest BCUT2D eigenvalue weighted by Crippen LogP contribution is 2.41. The number of aromatic nitrogens is 5. The van der Waals surface area contributed by atoms with Crippen molar-refractivity contribution in [3.8, 4) is 17.1 Å². The number of nitrogens with zero attached hydrogens (tertiary/aromatic N) is 5. The minimum atomic E-state index is 0.304. The first kappa shape index (κ1) is 22.6. The standard InChI is InChI=1S/C24H34N8O2/c1-15(2)18-12-17(34-31-18)14-26-24-27-22(25)21(20-13-19(29-30-20)16-6-7-16)23(28-24)33-11-10-32-8-4-3-5-9-32/h12-13,15-16H,3-11,14H2,1-2H3,(H,29,30)(H3,25,26,27,28). The zero-order valence-corrected chi connectivity index (χ0v) is 20.0. The fraction of sp³-hybridized carbons (Fsp3) is 0.583. The number of hydrogen-bond donors (Lipinski definition) is 3. The fourth-order valence-electron chi connectivity index (χ4n) is 4.25. The van der Waals surface area contributed by atoms with Crippen LogP contribution in [-0.4, -0.2) is 56.5 Å². The largest absolute Gasteiger partial charge is 0.476 e. The summed E-state index contributed by atoms with van der Waals surface area (Å²) in [4.78, 5) is 11.6. The van der Waals surface area contributed by atoms with Gasteiger partial charge in [0.25, 0.3) is 0 Å². The smallest absolute Gasteiger partial charge is 0.230 e. The summed E-state index contributed by atoms with van der Waals surface area (Å²) in [5, 5.41) is 14.9. The van der Waals surface area contributed by atoms with Crippen LogP contribution < -0.4 is 15.8 Å². The SMILES string of the molecule is CC(C)c1cc(CNc2nc(N)c(-c3cc(C4CC4)n[nH]3)c(OCCN3CCCCC3)n2)on1. The van der Waals surface area contributed by atoms with Crippen LogP contribution in [0.5, 0.6) is 5.88 Å². The zero-order valence-electron chi connectivity index (χ0n) is 20.0. The van der Waals surface area contributed by atoms with E-state index in [2.05, 4.69) is 49.4 Å². The fourth-order valence-corrected chi connectivity index (χ4v) is 4.25. The van der Waals surface area contributed by atoms with Crippen LogP contribution in [0.4, 0.5) is 11.8 Å². The molecule has 3 aromatic rings. The summed E-state index contributed by atoms with van der Waals surface area (Å²) in [6, 6.07) is 3.98. The summed E-state index contributed by atoms with van der Waals surface area (Å²) in [5.74, 6) is 2.74. The molecule has 0 aromatic carbocycles. The van der Waals surface area contributed by atoms with Crippen LogP contribution in [0.15, 0.2) is 16.7 Å². The normalized spacial score (nSPS) is 16.8. The van der Waals surface area contributed by atoms with Gasteiger partial charge in [-0.3, -0.25) is 10.00 Å². The van der Waals surface area contributed by atoms with E-state index >= 15 is 0 Å². The lowest BCUT2D eigenvalue weighted by Crippen LogP contribution is -2.33. The third-order valence-corrected chi connectivity index (χ3v) is 6.45. The Morgan fingerprint density at radius 3 is 2.76 bits per heavy atom. The van der Waals surface area contributed by atoms with E-state index in [0.717, 1.165) is 36.7 Å². The van der Waals surface area contributed by atoms with Crippen LogP contribution >= 0.6 is 0 Å². The van der Waals surface area contributed by atoms with Crippen LogP contribution in [0, 0.1) is 0 Å². The number of nitrogen functional groups attached to an aromatic ring is 1. The van der Waals surface area contributed by atoms with Gasteiger partial charge in [0.15, 0.2) is 5.76 Å². The average molecular weight is 467 g/mol. The number of piperidine rings is 1. The summed E-state index contributed by atoms with van der Waals surface area (Å²) in [6.45, 7) is 8.20. The van der Waals surface area contributed by atoms with E-state index in [1.54, 1.807) is 0 Å². The molecule has 1 aliphatic carbocycles. The van der Waals surface area contributed by atoms with Crippen molar-refractivity contribution >= 4 is 11.8 Å². The molecule has 2 fully saturated rings. The van der Waals surface area contributed by atoms with Crippen molar-refractivity contribution in [3.63, 3.8) is 0 Å². The molecule has 1 saturated carbocycles. The minimum absolute atomic E-state index is 0.304. The Hall–Kier alpha value is -3.14. The van der Waals surface area contributed by atoms with Crippen molar-refractivity contribution in [3.05, 3.63) is 29.3 Å². The highest BCUT2D eigenvalue weighted by Gasteiger charge is 2.28. The van der Waals surface area contributed by atoms with Gasteiger partial charge >= 0.3 is 0 Å². The lowest BCUT2D eigenvalue weighted by molar-refractivity contribution is 0.181. The first-order chi connectivity index (χ1) is 16.6. The summed E-state index contributed by atoms with van der Waals surface area (Å²) < 4.78 is 11.6. The number of anilines is 2. The quantitative estimate of drug-likeness (QED) is 0.407. The average Bonchev–Trinajstić information content (AvgIpc) is 3.37. The molecule has 0 bridgehead atoms. The van der Waals surface area contributed by atoms with Gasteiger partial charge in [-0.25, -0.2) is 0 Å². The van der Waals surface area contributed by atoms with Gasteiger partial charge in [0, 0.05) is 18.5 Å². The van der Waals surface area contributed by atoms with Gasteiger partial charge in [-0.2, -0.15) is 15.1 Å². The molecule has 1 saturated heterocycles. The number of H-pyrrole nitrogens is 1. The highest BCUT2D eigenvalue weighted by atomic mass is 16.5. The molecule has 0 amide bonds. The van der Waals surface area contributed by atoms with Gasteiger partial charge in [-0.05, 0) is 50.8 Å². The lowest BCUT2D eigenvalue weighted by Gasteiger charge is -2.26. The number of nitrogens with two attached hydrogens (primary N) is 1. The Kier molecular flexibility index (Phi) is 6.66. The van der Waals surface area contributed by atoms with E-state index in [1.807, 2.05) is 12.1 Å². The Morgan fingerprint density at radius 2 is 2.03 bits per heavy atom. The summed E-state index contributed by atoms with van der Waals surface area (Å²) >= 11 is 0. The first-order valence-corrected chi connectivity index (χ1v) is 12.3. The summed E-state index contributed by atoms with van der Waals surface area (Å²) in [5.41, 5.74) is 9.84. The zero-order chi connectivity index (χ0) is 23.5. The van der Waals surface area contributed by atoms with Crippen molar-refractivity contribution in [2.75, 3.05) is 37.3 Å². The second-order valence-electron chi connectivity index (χ2n) is 9.57. The van der Waals surface area contributed by atoms with Crippen molar-refractivity contribution in [1.29, 1.82) is 0 Å². The molecule has 10 heteroatoms. The van der Waals surface area contributed by atoms with E-state index in [4.69, 9.17) is 15.0 Å². The second kappa shape index (κ2) is 10.0. The molecule has 4 heterocycles. The van der Waals surface area contributed by atoms with Crippen LogP contribution in [-0.2, 0) is 6.54 Å². The molecule has 0 spiro atoms. The van der Waals surface area contributed by atoms with Crippen LogP contribution in [0.25, 0.3) is 11.3 Å². The highest BCUT2D eigenvalue weighted by molar-refractivity contribution is 5.77. The third-order valence-electron chi connectivity index (χ3n) is 6.45. The number of hydrogen-bond acceptors (Lipinski definition) is 9. The topological polar surface area (TPSA) is 131 Å². The van der Waals surface area contributed by atoms with Gasteiger partial charge in [0.05, 0.1) is 23.6 Å². The van der Waals surface area contributed by atoms with Crippen molar-refractivity contribution in [2.45, 2.75) is 64.3 Å². The van der Waals surface area contributed by atoms with Crippen LogP contribution in [0.1, 0.15) is 74.9 Å². The molecule has 182 valence electrons. The molecule has 4 N–H and O–H groups in total. The Bertz CT molecular complexity index is 1100. The predicted molar refractivity (Wildman–Crippen MR) is 130 cm³/mol. The summed E-state index contributed by atoms with van der Waals surface area (Å²) in [7, 11) is 0. The first-order valence-electron chi connectivity index (χ1n) is 12.3. The maximum absolute atomic E-state index is 6.42. The van der Waals surface area contributed by atoms with Crippen LogP contribution in [0.3, 0.4) is 0 Å². The number of likely N-dealkylation sites (tertiary alicyclic amines) is 1. The molecule has 5 rings (SSSR count). The molecule has 3 aromatic heterocycles. The molecule has 1 aliphatic heterocycles. The third kappa shape index (κ3) is 5.32. The summed E-state index contributed by atoms with van der Waals surface area (Å²) in [6.07, 6.45) is 6.17. The minimum Gasteiger partial charge on any atom is -0.476 e. The lowest BCUT2D eigenvalue weighted by atomic mass is 10.1. The van der Waals surface area contributed by atoms with Gasteiger partial charge in [-0.15, -0.1) is 0 Å².